The van der Waals surface area contributed by atoms with Crippen molar-refractivity contribution in [3.05, 3.63) is 0 Å². The highest BCUT2D eigenvalue weighted by Gasteiger charge is 2.44. The van der Waals surface area contributed by atoms with Crippen molar-refractivity contribution in [2.24, 2.45) is 0 Å². The Bertz CT molecular complexity index is 85.6. The van der Waals surface area contributed by atoms with Crippen LogP contribution in [0.1, 0.15) is 26.7 Å². The molecule has 0 N–H and O–H groups in total. The molecule has 0 bridgehead atoms. The first kappa shape index (κ1) is 10.2. The Balaban J connectivity index is 0.000000371. The average Bonchev–Trinajstić information content (AvgIpc) is 1.87. The van der Waals surface area contributed by atoms with Crippen LogP contribution >= 0.6 is 11.8 Å². The van der Waals surface area contributed by atoms with Gasteiger partial charge in [-0.2, -0.15) is 11.8 Å². The molecule has 1 fully saturated rings. The molecule has 0 aromatic rings. The number of hydrogen-bond acceptors (Lipinski definition) is 1. The first-order valence-corrected chi connectivity index (χ1v) is 4.83. The lowest BCUT2D eigenvalue weighted by atomic mass is 9.94. The average molecular weight is 168 g/mol. The molecule has 1 rings (SSSR count). The Kier molecular flexibility index (Phi) is 4.25. The molecule has 3 heteroatoms. The Morgan fingerprint density at radius 2 is 1.70 bits per heavy atom. The molecule has 62 valence electrons. The predicted octanol–water partition coefficient (Wildman–Crippen LogP) is 3.17. The van der Waals surface area contributed by atoms with E-state index in [-0.39, 0.29) is 18.1 Å². The number of thioether (sulfide) groups is 1. The fraction of sp³-hybridized carbons (Fsp3) is 1.00. The van der Waals surface area contributed by atoms with E-state index in [4.69, 9.17) is 0 Å². The van der Waals surface area contributed by atoms with Gasteiger partial charge in [0.15, 0.2) is 0 Å². The van der Waals surface area contributed by atoms with Crippen molar-refractivity contribution in [2.45, 2.75) is 37.9 Å². The highest BCUT2D eigenvalue weighted by molar-refractivity contribution is 7.99. The van der Waals surface area contributed by atoms with E-state index in [0.717, 1.165) is 0 Å². The quantitative estimate of drug-likeness (QED) is 0.579. The molecule has 0 radical (unpaired) electrons. The summed E-state index contributed by atoms with van der Waals surface area (Å²) in [5.41, 5.74) is 0. The number of halogens is 2. The minimum Gasteiger partial charge on any atom is -0.207 e. The summed E-state index contributed by atoms with van der Waals surface area (Å²) < 4.78 is 23.9. The number of rotatable bonds is 1. The summed E-state index contributed by atoms with van der Waals surface area (Å²) in [6.45, 7) is 4.00. The highest BCUT2D eigenvalue weighted by Crippen LogP contribution is 2.43. The van der Waals surface area contributed by atoms with Crippen LogP contribution in [0, 0.1) is 0 Å². The van der Waals surface area contributed by atoms with Gasteiger partial charge in [-0.1, -0.05) is 13.8 Å². The van der Waals surface area contributed by atoms with Gasteiger partial charge < -0.3 is 0 Å². The summed E-state index contributed by atoms with van der Waals surface area (Å²) >= 11 is 1.53. The Labute approximate surface area is 65.4 Å². The van der Waals surface area contributed by atoms with Crippen LogP contribution in [0.15, 0.2) is 0 Å². The van der Waals surface area contributed by atoms with E-state index >= 15 is 0 Å². The normalized spacial score (nSPS) is 22.5. The molecule has 0 heterocycles. The van der Waals surface area contributed by atoms with Gasteiger partial charge in [0.2, 0.25) is 5.92 Å². The van der Waals surface area contributed by atoms with Crippen LogP contribution in [-0.2, 0) is 0 Å². The second kappa shape index (κ2) is 4.16. The summed E-state index contributed by atoms with van der Waals surface area (Å²) in [6.07, 6.45) is 2.06. The van der Waals surface area contributed by atoms with Crippen molar-refractivity contribution in [1.82, 2.24) is 0 Å². The first-order chi connectivity index (χ1) is 4.64. The molecule has 0 atom stereocenters. The van der Waals surface area contributed by atoms with Gasteiger partial charge in [0, 0.05) is 18.1 Å². The molecule has 0 nitrogen and oxygen atoms in total. The van der Waals surface area contributed by atoms with Crippen LogP contribution in [0.25, 0.3) is 0 Å². The predicted molar refractivity (Wildman–Crippen MR) is 42.8 cm³/mol. The molecule has 1 aliphatic rings. The largest absolute Gasteiger partial charge is 0.250 e. The smallest absolute Gasteiger partial charge is 0.207 e. The Morgan fingerprint density at radius 3 is 1.80 bits per heavy atom. The maximum Gasteiger partial charge on any atom is 0.250 e. The summed E-state index contributed by atoms with van der Waals surface area (Å²) in [5, 5.41) is 0.227. The molecular weight excluding hydrogens is 154 g/mol. The lowest BCUT2D eigenvalue weighted by Gasteiger charge is -2.33. The Morgan fingerprint density at radius 1 is 1.30 bits per heavy atom. The van der Waals surface area contributed by atoms with Crippen LogP contribution in [-0.4, -0.2) is 17.4 Å². The van der Waals surface area contributed by atoms with Gasteiger partial charge in [0.25, 0.3) is 0 Å². The summed E-state index contributed by atoms with van der Waals surface area (Å²) in [7, 11) is 0. The molecule has 0 aliphatic heterocycles. The van der Waals surface area contributed by atoms with Crippen molar-refractivity contribution in [3.8, 4) is 0 Å². The molecule has 0 aromatic carbocycles. The minimum atomic E-state index is -2.33. The van der Waals surface area contributed by atoms with E-state index in [1.54, 1.807) is 0 Å². The van der Waals surface area contributed by atoms with E-state index in [1.807, 2.05) is 20.1 Å². The third-order valence-electron chi connectivity index (χ3n) is 1.39. The fourth-order valence-corrected chi connectivity index (χ4v) is 1.59. The monoisotopic (exact) mass is 168 g/mol. The van der Waals surface area contributed by atoms with Gasteiger partial charge in [-0.15, -0.1) is 0 Å². The van der Waals surface area contributed by atoms with Crippen molar-refractivity contribution in [2.75, 3.05) is 6.26 Å². The Hall–Kier alpha value is 0.210. The minimum absolute atomic E-state index is 0.0914. The zero-order valence-corrected chi connectivity index (χ0v) is 7.47. The second-order valence-electron chi connectivity index (χ2n) is 2.12. The van der Waals surface area contributed by atoms with Crippen LogP contribution < -0.4 is 0 Å². The molecule has 1 aliphatic carbocycles. The van der Waals surface area contributed by atoms with Crippen molar-refractivity contribution < 1.29 is 8.78 Å². The zero-order chi connectivity index (χ0) is 8.20. The summed E-state index contributed by atoms with van der Waals surface area (Å²) in [6, 6.07) is 0. The van der Waals surface area contributed by atoms with Crippen LogP contribution in [0.4, 0.5) is 8.78 Å². The molecule has 0 amide bonds. The highest BCUT2D eigenvalue weighted by atomic mass is 32.2. The molecule has 1 saturated carbocycles. The van der Waals surface area contributed by atoms with Crippen molar-refractivity contribution in [3.63, 3.8) is 0 Å². The molecular formula is C7H14F2S. The van der Waals surface area contributed by atoms with Gasteiger partial charge in [-0.25, -0.2) is 8.78 Å². The number of hydrogen-bond donors (Lipinski definition) is 0. The maximum atomic E-state index is 12.0. The molecule has 0 unspecified atom stereocenters. The van der Waals surface area contributed by atoms with Crippen molar-refractivity contribution in [1.29, 1.82) is 0 Å². The lowest BCUT2D eigenvalue weighted by Crippen LogP contribution is -2.37. The number of alkyl halides is 2. The van der Waals surface area contributed by atoms with Crippen LogP contribution in [0.3, 0.4) is 0 Å². The SMILES string of the molecule is CC.CSC1CC(F)(F)C1. The molecule has 0 aromatic heterocycles. The van der Waals surface area contributed by atoms with Gasteiger partial charge in [-0.3, -0.25) is 0 Å². The lowest BCUT2D eigenvalue weighted by molar-refractivity contribution is -0.0666. The zero-order valence-electron chi connectivity index (χ0n) is 6.66. The molecule has 0 saturated heterocycles. The van der Waals surface area contributed by atoms with Gasteiger partial charge >= 0.3 is 0 Å². The van der Waals surface area contributed by atoms with Crippen LogP contribution in [0.5, 0.6) is 0 Å². The fourth-order valence-electron chi connectivity index (χ4n) is 0.773. The van der Waals surface area contributed by atoms with E-state index in [9.17, 15) is 8.78 Å². The third kappa shape index (κ3) is 2.86. The standard InChI is InChI=1S/C5H8F2S.C2H6/c1-8-4-2-5(6,7)3-4;1-2/h4H,2-3H2,1H3;1-2H3. The van der Waals surface area contributed by atoms with Crippen LogP contribution in [0.2, 0.25) is 0 Å². The van der Waals surface area contributed by atoms with E-state index < -0.39 is 5.92 Å². The topological polar surface area (TPSA) is 0 Å². The molecule has 10 heavy (non-hydrogen) atoms. The van der Waals surface area contributed by atoms with Gasteiger partial charge in [-0.05, 0) is 6.26 Å². The van der Waals surface area contributed by atoms with E-state index in [2.05, 4.69) is 0 Å². The summed E-state index contributed by atoms with van der Waals surface area (Å²) in [5.74, 6) is -2.33. The summed E-state index contributed by atoms with van der Waals surface area (Å²) in [4.78, 5) is 0. The first-order valence-electron chi connectivity index (χ1n) is 3.55. The molecule has 0 spiro atoms. The van der Waals surface area contributed by atoms with Gasteiger partial charge in [0.1, 0.15) is 0 Å². The maximum absolute atomic E-state index is 12.0. The van der Waals surface area contributed by atoms with E-state index in [0.29, 0.717) is 0 Å². The second-order valence-corrected chi connectivity index (χ2v) is 3.26. The van der Waals surface area contributed by atoms with E-state index in [1.165, 1.54) is 11.8 Å². The van der Waals surface area contributed by atoms with Gasteiger partial charge in [0.05, 0.1) is 0 Å². The van der Waals surface area contributed by atoms with Crippen molar-refractivity contribution >= 4 is 11.8 Å². The third-order valence-corrected chi connectivity index (χ3v) is 2.39.